The topological polar surface area (TPSA) is 92.6 Å². The Morgan fingerprint density at radius 1 is 1.17 bits per heavy atom. The lowest BCUT2D eigenvalue weighted by molar-refractivity contribution is 0.0853. The van der Waals surface area contributed by atoms with E-state index in [1.54, 1.807) is 7.11 Å². The molecule has 0 saturated carbocycles. The summed E-state index contributed by atoms with van der Waals surface area (Å²) in [4.78, 5) is 22.7. The number of methoxy groups -OCH3 is 1. The molecule has 0 bridgehead atoms. The maximum Gasteiger partial charge on any atom is 0.273 e. The van der Waals surface area contributed by atoms with E-state index in [1.807, 2.05) is 24.3 Å². The van der Waals surface area contributed by atoms with Gasteiger partial charge in [0.1, 0.15) is 12.0 Å². The molecule has 1 amide bonds. The Balaban J connectivity index is 1.28. The van der Waals surface area contributed by atoms with E-state index in [4.69, 9.17) is 13.9 Å². The molecule has 1 atom stereocenters. The summed E-state index contributed by atoms with van der Waals surface area (Å²) in [5, 5.41) is 4.14. The van der Waals surface area contributed by atoms with E-state index >= 15 is 0 Å². The van der Waals surface area contributed by atoms with Gasteiger partial charge in [0.25, 0.3) is 5.91 Å². The standard InChI is InChI=1S/C28H32N4O4/c1-34-26-11-5-2-7-21(26)17-32(13-12-20-15-29-24-10-4-3-9-23(20)24)18-27-31-25(19-36-27)28(33)30-16-22-8-6-14-35-22/h2-5,7,9-11,15,19,22,29H,6,8,12-14,16-18H2,1H3,(H,30,33). The van der Waals surface area contributed by atoms with Crippen LogP contribution in [0.25, 0.3) is 10.9 Å². The molecular weight excluding hydrogens is 456 g/mol. The van der Waals surface area contributed by atoms with Crippen molar-refractivity contribution in [2.24, 2.45) is 0 Å². The first-order valence-corrected chi connectivity index (χ1v) is 12.4. The molecule has 0 radical (unpaired) electrons. The summed E-state index contributed by atoms with van der Waals surface area (Å²) in [7, 11) is 1.69. The number of aromatic amines is 1. The van der Waals surface area contributed by atoms with Gasteiger partial charge in [-0.3, -0.25) is 9.69 Å². The van der Waals surface area contributed by atoms with Crippen LogP contribution in [0, 0.1) is 0 Å². The van der Waals surface area contributed by atoms with Crippen LogP contribution in [0.15, 0.2) is 65.4 Å². The largest absolute Gasteiger partial charge is 0.496 e. The average molecular weight is 489 g/mol. The molecule has 2 aromatic carbocycles. The second-order valence-electron chi connectivity index (χ2n) is 9.10. The minimum atomic E-state index is -0.240. The van der Waals surface area contributed by atoms with E-state index in [-0.39, 0.29) is 17.7 Å². The Bertz CT molecular complexity index is 1290. The van der Waals surface area contributed by atoms with Crippen molar-refractivity contribution in [3.05, 3.63) is 83.7 Å². The van der Waals surface area contributed by atoms with Crippen molar-refractivity contribution in [2.75, 3.05) is 26.8 Å². The zero-order valence-electron chi connectivity index (χ0n) is 20.5. The summed E-state index contributed by atoms with van der Waals surface area (Å²) in [6, 6.07) is 16.3. The molecule has 1 saturated heterocycles. The molecule has 5 rings (SSSR count). The predicted molar refractivity (Wildman–Crippen MR) is 137 cm³/mol. The molecule has 1 unspecified atom stereocenters. The van der Waals surface area contributed by atoms with Gasteiger partial charge >= 0.3 is 0 Å². The van der Waals surface area contributed by atoms with Gasteiger partial charge in [0.05, 0.1) is 19.8 Å². The number of benzene rings is 2. The minimum absolute atomic E-state index is 0.0844. The van der Waals surface area contributed by atoms with Crippen LogP contribution < -0.4 is 10.1 Å². The molecule has 2 N–H and O–H groups in total. The van der Waals surface area contributed by atoms with Crippen LogP contribution in [0.3, 0.4) is 0 Å². The molecule has 3 heterocycles. The van der Waals surface area contributed by atoms with Crippen molar-refractivity contribution >= 4 is 16.8 Å². The van der Waals surface area contributed by atoms with Gasteiger partial charge in [-0.25, -0.2) is 4.98 Å². The van der Waals surface area contributed by atoms with Gasteiger partial charge in [-0.05, 0) is 37.0 Å². The van der Waals surface area contributed by atoms with Crippen molar-refractivity contribution in [3.8, 4) is 5.75 Å². The van der Waals surface area contributed by atoms with Gasteiger partial charge < -0.3 is 24.2 Å². The van der Waals surface area contributed by atoms with E-state index in [0.717, 1.165) is 49.2 Å². The molecule has 0 spiro atoms. The van der Waals surface area contributed by atoms with Crippen LogP contribution in [0.5, 0.6) is 5.75 Å². The van der Waals surface area contributed by atoms with Gasteiger partial charge in [0, 0.05) is 48.9 Å². The molecular formula is C28H32N4O4. The first-order valence-electron chi connectivity index (χ1n) is 12.4. The van der Waals surface area contributed by atoms with Gasteiger partial charge in [0.2, 0.25) is 5.89 Å². The highest BCUT2D eigenvalue weighted by molar-refractivity contribution is 5.91. The number of rotatable bonds is 11. The summed E-state index contributed by atoms with van der Waals surface area (Å²) in [5.41, 5.74) is 3.77. The van der Waals surface area contributed by atoms with Crippen LogP contribution in [0.1, 0.15) is 40.3 Å². The number of para-hydroxylation sites is 2. The molecule has 188 valence electrons. The fraction of sp³-hybridized carbons (Fsp3) is 0.357. The molecule has 0 aliphatic carbocycles. The maximum atomic E-state index is 12.6. The number of nitrogens with zero attached hydrogens (tertiary/aromatic N) is 2. The lowest BCUT2D eigenvalue weighted by Gasteiger charge is -2.22. The molecule has 36 heavy (non-hydrogen) atoms. The number of oxazole rings is 1. The highest BCUT2D eigenvalue weighted by Crippen LogP contribution is 2.22. The fourth-order valence-electron chi connectivity index (χ4n) is 4.69. The maximum absolute atomic E-state index is 12.6. The van der Waals surface area contributed by atoms with Gasteiger partial charge in [-0.2, -0.15) is 0 Å². The molecule has 1 fully saturated rings. The van der Waals surface area contributed by atoms with Crippen molar-refractivity contribution in [1.82, 2.24) is 20.2 Å². The highest BCUT2D eigenvalue weighted by atomic mass is 16.5. The first kappa shape index (κ1) is 24.1. The lowest BCUT2D eigenvalue weighted by Crippen LogP contribution is -2.32. The van der Waals surface area contributed by atoms with Gasteiger partial charge in [-0.1, -0.05) is 36.4 Å². The number of fused-ring (bicyclic) bond motifs is 1. The van der Waals surface area contributed by atoms with Gasteiger partial charge in [-0.15, -0.1) is 0 Å². The molecule has 4 aromatic rings. The summed E-state index contributed by atoms with van der Waals surface area (Å²) >= 11 is 0. The number of H-pyrrole nitrogens is 1. The van der Waals surface area contributed by atoms with E-state index in [0.29, 0.717) is 25.5 Å². The van der Waals surface area contributed by atoms with Crippen LogP contribution in [0.4, 0.5) is 0 Å². The number of nitrogens with one attached hydrogen (secondary N) is 2. The highest BCUT2D eigenvalue weighted by Gasteiger charge is 2.20. The number of amides is 1. The van der Waals surface area contributed by atoms with E-state index in [1.165, 1.54) is 17.2 Å². The summed E-state index contributed by atoms with van der Waals surface area (Å²) in [6.45, 7) is 3.17. The van der Waals surface area contributed by atoms with E-state index < -0.39 is 0 Å². The molecule has 1 aliphatic heterocycles. The van der Waals surface area contributed by atoms with Crippen LogP contribution in [-0.4, -0.2) is 53.7 Å². The van der Waals surface area contributed by atoms with Crippen molar-refractivity contribution in [1.29, 1.82) is 0 Å². The number of hydrogen-bond acceptors (Lipinski definition) is 6. The van der Waals surface area contributed by atoms with E-state index in [9.17, 15) is 4.79 Å². The molecule has 8 nitrogen and oxygen atoms in total. The normalized spacial score (nSPS) is 15.6. The minimum Gasteiger partial charge on any atom is -0.496 e. The third kappa shape index (κ3) is 5.78. The number of ether oxygens (including phenoxy) is 2. The van der Waals surface area contributed by atoms with Crippen LogP contribution in [-0.2, 0) is 24.2 Å². The van der Waals surface area contributed by atoms with Gasteiger partial charge in [0.15, 0.2) is 5.69 Å². The molecule has 2 aromatic heterocycles. The van der Waals surface area contributed by atoms with Crippen LogP contribution in [0.2, 0.25) is 0 Å². The summed E-state index contributed by atoms with van der Waals surface area (Å²) in [6.07, 6.45) is 6.46. The third-order valence-electron chi connectivity index (χ3n) is 6.62. The Morgan fingerprint density at radius 3 is 2.89 bits per heavy atom. The smallest absolute Gasteiger partial charge is 0.273 e. The quantitative estimate of drug-likeness (QED) is 0.327. The number of aromatic nitrogens is 2. The Morgan fingerprint density at radius 2 is 2.03 bits per heavy atom. The second kappa shape index (κ2) is 11.4. The SMILES string of the molecule is COc1ccccc1CN(CCc1c[nH]c2ccccc12)Cc1nc(C(=O)NCC2CCCO2)co1. The average Bonchev–Trinajstić information content (AvgIpc) is 3.68. The van der Waals surface area contributed by atoms with Crippen LogP contribution >= 0.6 is 0 Å². The molecule has 8 heteroatoms. The number of carbonyl (C=O) groups is 1. The third-order valence-corrected chi connectivity index (χ3v) is 6.62. The Kier molecular flexibility index (Phi) is 7.64. The number of carbonyl (C=O) groups excluding carboxylic acids is 1. The van der Waals surface area contributed by atoms with E-state index in [2.05, 4.69) is 50.6 Å². The molecule has 1 aliphatic rings. The number of hydrogen-bond donors (Lipinski definition) is 2. The summed E-state index contributed by atoms with van der Waals surface area (Å²) < 4.78 is 16.9. The first-order chi connectivity index (χ1) is 17.7. The Hall–Kier alpha value is -3.62. The Labute approximate surface area is 210 Å². The zero-order chi connectivity index (χ0) is 24.7. The van der Waals surface area contributed by atoms with Crippen molar-refractivity contribution in [2.45, 2.75) is 38.5 Å². The monoisotopic (exact) mass is 488 g/mol. The van der Waals surface area contributed by atoms with Crippen molar-refractivity contribution in [3.63, 3.8) is 0 Å². The fourth-order valence-corrected chi connectivity index (χ4v) is 4.69. The second-order valence-corrected chi connectivity index (χ2v) is 9.10. The lowest BCUT2D eigenvalue weighted by atomic mass is 10.1. The van der Waals surface area contributed by atoms with Crippen molar-refractivity contribution < 1.29 is 18.7 Å². The predicted octanol–water partition coefficient (Wildman–Crippen LogP) is 4.32. The zero-order valence-corrected chi connectivity index (χ0v) is 20.5. The summed E-state index contributed by atoms with van der Waals surface area (Å²) in [5.74, 6) is 1.11.